The molecule has 1 saturated heterocycles. The number of nitrogens with one attached hydrogen (secondary N) is 2. The van der Waals surface area contributed by atoms with Gasteiger partial charge in [-0.3, -0.25) is 9.69 Å². The zero-order valence-corrected chi connectivity index (χ0v) is 17.8. The van der Waals surface area contributed by atoms with Crippen molar-refractivity contribution in [1.82, 2.24) is 14.6 Å². The summed E-state index contributed by atoms with van der Waals surface area (Å²) in [6.45, 7) is 5.50. The molecule has 2 N–H and O–H groups in total. The molecule has 2 aromatic rings. The van der Waals surface area contributed by atoms with Crippen molar-refractivity contribution in [3.05, 3.63) is 35.3 Å². The Morgan fingerprint density at radius 1 is 1.28 bits per heavy atom. The molecule has 2 heterocycles. The molecule has 0 bridgehead atoms. The fourth-order valence-corrected chi connectivity index (χ4v) is 5.25. The largest absolute Gasteiger partial charge is 0.336 e. The summed E-state index contributed by atoms with van der Waals surface area (Å²) in [5, 5.41) is 7.76. The molecule has 1 aromatic heterocycles. The highest BCUT2D eigenvalue weighted by molar-refractivity contribution is 7.89. The summed E-state index contributed by atoms with van der Waals surface area (Å²) in [6.07, 6.45) is 0.0610. The van der Waals surface area contributed by atoms with Crippen LogP contribution >= 0.6 is 11.3 Å². The second-order valence-corrected chi connectivity index (χ2v) is 9.12. The van der Waals surface area contributed by atoms with Crippen LogP contribution in [0.5, 0.6) is 0 Å². The van der Waals surface area contributed by atoms with E-state index in [1.807, 2.05) is 0 Å². The summed E-state index contributed by atoms with van der Waals surface area (Å²) in [6, 6.07) is 5.91. The van der Waals surface area contributed by atoms with E-state index in [1.54, 1.807) is 36.3 Å². The van der Waals surface area contributed by atoms with Gasteiger partial charge in [0.15, 0.2) is 5.13 Å². The van der Waals surface area contributed by atoms with Gasteiger partial charge < -0.3 is 10.6 Å². The van der Waals surface area contributed by atoms with Gasteiger partial charge in [-0.25, -0.2) is 18.2 Å². The average molecular weight is 438 g/mol. The number of nitrogens with zero attached hydrogens (tertiary/aromatic N) is 3. The molecule has 0 atom stereocenters. The molecule has 1 aliphatic heterocycles. The predicted octanol–water partition coefficient (Wildman–Crippen LogP) is 1.88. The lowest BCUT2D eigenvalue weighted by molar-refractivity contribution is -0.115. The summed E-state index contributed by atoms with van der Waals surface area (Å²) in [4.78, 5) is 30.1. The summed E-state index contributed by atoms with van der Waals surface area (Å²) in [7, 11) is -3.53. The van der Waals surface area contributed by atoms with Gasteiger partial charge in [0.2, 0.25) is 15.9 Å². The highest BCUT2D eigenvalue weighted by atomic mass is 32.2. The number of benzene rings is 1. The SMILES string of the molecule is CCN(CC)S(=O)(=O)c1ccc(NC(=O)Cc2csc(N3CCNC3=O)n2)cc1. The van der Waals surface area contributed by atoms with Gasteiger partial charge in [-0.05, 0) is 24.3 Å². The van der Waals surface area contributed by atoms with E-state index in [0.717, 1.165) is 0 Å². The van der Waals surface area contributed by atoms with Gasteiger partial charge in [-0.1, -0.05) is 13.8 Å². The first kappa shape index (κ1) is 21.2. The number of rotatable bonds is 8. The first-order valence-corrected chi connectivity index (χ1v) is 11.6. The number of hydrogen-bond donors (Lipinski definition) is 2. The summed E-state index contributed by atoms with van der Waals surface area (Å²) < 4.78 is 26.4. The fraction of sp³-hybridized carbons (Fsp3) is 0.389. The Morgan fingerprint density at radius 2 is 1.97 bits per heavy atom. The minimum atomic E-state index is -3.53. The molecular weight excluding hydrogens is 414 g/mol. The van der Waals surface area contributed by atoms with Gasteiger partial charge in [-0.2, -0.15) is 4.31 Å². The van der Waals surface area contributed by atoms with Crippen molar-refractivity contribution in [2.24, 2.45) is 0 Å². The fourth-order valence-electron chi connectivity index (χ4n) is 2.95. The number of anilines is 2. The van der Waals surface area contributed by atoms with Crippen LogP contribution in [0.2, 0.25) is 0 Å². The van der Waals surface area contributed by atoms with Crippen LogP contribution in [0, 0.1) is 0 Å². The van der Waals surface area contributed by atoms with Crippen LogP contribution in [0.3, 0.4) is 0 Å². The number of carbonyl (C=O) groups is 2. The van der Waals surface area contributed by atoms with Crippen LogP contribution in [-0.2, 0) is 21.2 Å². The number of amides is 3. The summed E-state index contributed by atoms with van der Waals surface area (Å²) in [5.74, 6) is -0.271. The van der Waals surface area contributed by atoms with Crippen molar-refractivity contribution < 1.29 is 18.0 Å². The molecule has 1 aromatic carbocycles. The van der Waals surface area contributed by atoms with E-state index in [1.165, 1.54) is 27.8 Å². The maximum Gasteiger partial charge on any atom is 0.323 e. The third-order valence-corrected chi connectivity index (χ3v) is 7.43. The Labute approximate surface area is 173 Å². The van der Waals surface area contributed by atoms with E-state index in [0.29, 0.717) is 42.7 Å². The minimum absolute atomic E-state index is 0.0610. The maximum atomic E-state index is 12.5. The molecule has 3 amide bonds. The van der Waals surface area contributed by atoms with Crippen molar-refractivity contribution in [2.75, 3.05) is 36.4 Å². The number of aromatic nitrogens is 1. The van der Waals surface area contributed by atoms with Crippen molar-refractivity contribution in [1.29, 1.82) is 0 Å². The van der Waals surface area contributed by atoms with Gasteiger partial charge in [0.1, 0.15) is 0 Å². The Hall–Kier alpha value is -2.50. The zero-order valence-electron chi connectivity index (χ0n) is 16.2. The third kappa shape index (κ3) is 4.74. The smallest absolute Gasteiger partial charge is 0.323 e. The molecule has 0 spiro atoms. The predicted molar refractivity (Wildman–Crippen MR) is 112 cm³/mol. The Balaban J connectivity index is 1.61. The Bertz CT molecular complexity index is 984. The third-order valence-electron chi connectivity index (χ3n) is 4.45. The normalized spacial score (nSPS) is 14.3. The van der Waals surface area contributed by atoms with E-state index in [-0.39, 0.29) is 23.3 Å². The molecule has 156 valence electrons. The van der Waals surface area contributed by atoms with Crippen LogP contribution in [0.15, 0.2) is 34.5 Å². The lowest BCUT2D eigenvalue weighted by Gasteiger charge is -2.18. The van der Waals surface area contributed by atoms with E-state index >= 15 is 0 Å². The second kappa shape index (κ2) is 8.89. The van der Waals surface area contributed by atoms with Gasteiger partial charge in [0, 0.05) is 37.2 Å². The second-order valence-electron chi connectivity index (χ2n) is 6.34. The maximum absolute atomic E-state index is 12.5. The van der Waals surface area contributed by atoms with Crippen LogP contribution in [0.4, 0.5) is 15.6 Å². The van der Waals surface area contributed by atoms with E-state index in [4.69, 9.17) is 0 Å². The molecule has 0 aliphatic carbocycles. The van der Waals surface area contributed by atoms with E-state index in [2.05, 4.69) is 15.6 Å². The van der Waals surface area contributed by atoms with Gasteiger partial charge >= 0.3 is 6.03 Å². The zero-order chi connectivity index (χ0) is 21.0. The molecule has 11 heteroatoms. The van der Waals surface area contributed by atoms with Crippen molar-refractivity contribution in [3.8, 4) is 0 Å². The van der Waals surface area contributed by atoms with E-state index < -0.39 is 10.0 Å². The molecule has 0 unspecified atom stereocenters. The van der Waals surface area contributed by atoms with Crippen molar-refractivity contribution in [3.63, 3.8) is 0 Å². The molecule has 0 saturated carbocycles. The van der Waals surface area contributed by atoms with E-state index in [9.17, 15) is 18.0 Å². The Morgan fingerprint density at radius 3 is 2.55 bits per heavy atom. The molecule has 0 radical (unpaired) electrons. The monoisotopic (exact) mass is 437 g/mol. The standard InChI is InChI=1S/C18H23N5O4S2/c1-3-22(4-2)29(26,27)15-7-5-13(6-8-15)20-16(24)11-14-12-28-18(21-14)23-10-9-19-17(23)25/h5-8,12H,3-4,9-11H2,1-2H3,(H,19,25)(H,20,24). The number of thiazole rings is 1. The van der Waals surface area contributed by atoms with Crippen LogP contribution in [0.25, 0.3) is 0 Å². The number of sulfonamides is 1. The lowest BCUT2D eigenvalue weighted by atomic mass is 10.3. The molecule has 1 aliphatic rings. The van der Waals surface area contributed by atoms with Gasteiger partial charge in [0.05, 0.1) is 17.0 Å². The average Bonchev–Trinajstić information content (AvgIpc) is 3.31. The van der Waals surface area contributed by atoms with Crippen LogP contribution in [-0.4, -0.2) is 55.8 Å². The van der Waals surface area contributed by atoms with Gasteiger partial charge in [0.25, 0.3) is 0 Å². The highest BCUT2D eigenvalue weighted by Gasteiger charge is 2.24. The quantitative estimate of drug-likeness (QED) is 0.655. The van der Waals surface area contributed by atoms with Crippen molar-refractivity contribution in [2.45, 2.75) is 25.2 Å². The molecule has 3 rings (SSSR count). The molecule has 1 fully saturated rings. The highest BCUT2D eigenvalue weighted by Crippen LogP contribution is 2.23. The number of carbonyl (C=O) groups excluding carboxylic acids is 2. The first-order chi connectivity index (χ1) is 13.8. The van der Waals surface area contributed by atoms with Crippen LogP contribution < -0.4 is 15.5 Å². The Kier molecular flexibility index (Phi) is 6.50. The number of hydrogen-bond acceptors (Lipinski definition) is 6. The summed E-state index contributed by atoms with van der Waals surface area (Å²) in [5.41, 5.74) is 1.07. The lowest BCUT2D eigenvalue weighted by Crippen LogP contribution is -2.30. The first-order valence-electron chi connectivity index (χ1n) is 9.25. The topological polar surface area (TPSA) is 112 Å². The molecule has 9 nitrogen and oxygen atoms in total. The van der Waals surface area contributed by atoms with Gasteiger partial charge in [-0.15, -0.1) is 11.3 Å². The van der Waals surface area contributed by atoms with Crippen LogP contribution in [0.1, 0.15) is 19.5 Å². The summed E-state index contributed by atoms with van der Waals surface area (Å²) >= 11 is 1.31. The molecule has 29 heavy (non-hydrogen) atoms. The van der Waals surface area contributed by atoms with Crippen molar-refractivity contribution >= 4 is 44.1 Å². The molecular formula is C18H23N5O4S2. The number of urea groups is 1. The minimum Gasteiger partial charge on any atom is -0.336 e.